The third-order valence-electron chi connectivity index (χ3n) is 6.19. The predicted octanol–water partition coefficient (Wildman–Crippen LogP) is 0.519. The van der Waals surface area contributed by atoms with Gasteiger partial charge >= 0.3 is 0 Å². The molecule has 1 unspecified atom stereocenters. The van der Waals surface area contributed by atoms with Crippen LogP contribution in [0.15, 0.2) is 10.9 Å². The molecule has 0 aromatic carbocycles. The fourth-order valence-corrected chi connectivity index (χ4v) is 5.42. The van der Waals surface area contributed by atoms with Crippen molar-refractivity contribution in [2.75, 3.05) is 58.6 Å². The van der Waals surface area contributed by atoms with Crippen LogP contribution in [-0.4, -0.2) is 89.0 Å². The summed E-state index contributed by atoms with van der Waals surface area (Å²) in [5, 5.41) is 4.60. The fraction of sp³-hybridized carbons (Fsp3) is 0.750. The van der Waals surface area contributed by atoms with E-state index in [1.54, 1.807) is 10.7 Å². The van der Waals surface area contributed by atoms with E-state index in [1.807, 2.05) is 16.7 Å². The molecule has 2 saturated heterocycles. The van der Waals surface area contributed by atoms with Gasteiger partial charge in [-0.15, -0.1) is 0 Å². The first-order valence-corrected chi connectivity index (χ1v) is 11.6. The molecule has 0 spiro atoms. The molecule has 0 radical (unpaired) electrons. The van der Waals surface area contributed by atoms with Crippen LogP contribution in [0.3, 0.4) is 0 Å². The van der Waals surface area contributed by atoms with Gasteiger partial charge in [-0.1, -0.05) is 0 Å². The molecule has 0 saturated carbocycles. The second-order valence-corrected chi connectivity index (χ2v) is 9.35. The van der Waals surface area contributed by atoms with Crippen LogP contribution in [0.1, 0.15) is 24.1 Å². The lowest BCUT2D eigenvalue weighted by atomic mass is 9.96. The lowest BCUT2D eigenvalue weighted by molar-refractivity contribution is -0.139. The minimum atomic E-state index is 0.0106. The Hall–Kier alpha value is -1.38. The van der Waals surface area contributed by atoms with Gasteiger partial charge in [0.2, 0.25) is 5.91 Å². The number of rotatable bonds is 4. The third kappa shape index (κ3) is 4.60. The highest BCUT2D eigenvalue weighted by molar-refractivity contribution is 7.98. The number of hydrogen-bond donors (Lipinski definition) is 0. The molecule has 3 aliphatic heterocycles. The largest absolute Gasteiger partial charge is 0.340 e. The first-order chi connectivity index (χ1) is 13.6. The number of thioether (sulfide) groups is 1. The number of carbonyl (C=O) groups excluding carboxylic acids is 1. The molecule has 8 heteroatoms. The molecule has 7 nitrogen and oxygen atoms in total. The SMILES string of the molecule is CN1CCCC(C(=O)N2CCN(CCn3nc4c(cc3=O)CSCC4)CC2)C1. The third-order valence-corrected chi connectivity index (χ3v) is 7.20. The number of piperidine rings is 1. The summed E-state index contributed by atoms with van der Waals surface area (Å²) in [5.74, 6) is 2.49. The maximum atomic E-state index is 12.8. The average molecular weight is 406 g/mol. The lowest BCUT2D eigenvalue weighted by Gasteiger charge is -2.38. The Bertz CT molecular complexity index is 759. The highest BCUT2D eigenvalue weighted by Gasteiger charge is 2.30. The van der Waals surface area contributed by atoms with Gasteiger partial charge < -0.3 is 9.80 Å². The van der Waals surface area contributed by atoms with Crippen LogP contribution in [0, 0.1) is 5.92 Å². The van der Waals surface area contributed by atoms with E-state index in [9.17, 15) is 9.59 Å². The monoisotopic (exact) mass is 405 g/mol. The van der Waals surface area contributed by atoms with Gasteiger partial charge in [-0.25, -0.2) is 4.68 Å². The van der Waals surface area contributed by atoms with Crippen molar-refractivity contribution in [3.63, 3.8) is 0 Å². The van der Waals surface area contributed by atoms with E-state index < -0.39 is 0 Å². The number of amides is 1. The van der Waals surface area contributed by atoms with Crippen molar-refractivity contribution >= 4 is 17.7 Å². The second kappa shape index (κ2) is 8.97. The van der Waals surface area contributed by atoms with Crippen molar-refractivity contribution in [2.45, 2.75) is 31.6 Å². The summed E-state index contributed by atoms with van der Waals surface area (Å²) in [4.78, 5) is 31.8. The van der Waals surface area contributed by atoms with Crippen molar-refractivity contribution in [3.8, 4) is 0 Å². The van der Waals surface area contributed by atoms with Crippen molar-refractivity contribution < 1.29 is 4.79 Å². The molecule has 0 N–H and O–H groups in total. The van der Waals surface area contributed by atoms with E-state index in [2.05, 4.69) is 21.9 Å². The van der Waals surface area contributed by atoms with Gasteiger partial charge in [0, 0.05) is 57.5 Å². The molecule has 28 heavy (non-hydrogen) atoms. The Morgan fingerprint density at radius 1 is 1.21 bits per heavy atom. The molecule has 0 aliphatic carbocycles. The summed E-state index contributed by atoms with van der Waals surface area (Å²) in [6, 6.07) is 1.77. The Kier molecular flexibility index (Phi) is 6.38. The van der Waals surface area contributed by atoms with Crippen molar-refractivity contribution in [1.82, 2.24) is 24.5 Å². The summed E-state index contributed by atoms with van der Waals surface area (Å²) in [6.07, 6.45) is 3.10. The van der Waals surface area contributed by atoms with Gasteiger partial charge in [-0.05, 0) is 37.8 Å². The number of aryl methyl sites for hydroxylation is 1. The predicted molar refractivity (Wildman–Crippen MR) is 112 cm³/mol. The van der Waals surface area contributed by atoms with Crippen LogP contribution in [-0.2, 0) is 23.5 Å². The Labute approximate surface area is 171 Å². The van der Waals surface area contributed by atoms with Crippen LogP contribution in [0.25, 0.3) is 0 Å². The standard InChI is InChI=1S/C20H31N5O2S/c1-22-5-2-3-16(14-22)20(27)24-9-6-23(7-10-24)8-11-25-19(26)13-17-15-28-12-4-18(17)21-25/h13,16H,2-12,14-15H2,1H3. The van der Waals surface area contributed by atoms with Crippen LogP contribution >= 0.6 is 11.8 Å². The van der Waals surface area contributed by atoms with Gasteiger partial charge in [-0.3, -0.25) is 14.5 Å². The van der Waals surface area contributed by atoms with Crippen molar-refractivity contribution in [2.24, 2.45) is 5.92 Å². The Morgan fingerprint density at radius 2 is 2.04 bits per heavy atom. The van der Waals surface area contributed by atoms with E-state index in [-0.39, 0.29) is 11.5 Å². The van der Waals surface area contributed by atoms with Gasteiger partial charge in [0.15, 0.2) is 0 Å². The summed E-state index contributed by atoms with van der Waals surface area (Å²) in [5.41, 5.74) is 2.21. The molecule has 1 atom stereocenters. The molecule has 154 valence electrons. The zero-order valence-electron chi connectivity index (χ0n) is 16.8. The van der Waals surface area contributed by atoms with E-state index in [1.165, 1.54) is 0 Å². The van der Waals surface area contributed by atoms with Crippen LogP contribution in [0.5, 0.6) is 0 Å². The first-order valence-electron chi connectivity index (χ1n) is 10.5. The zero-order valence-corrected chi connectivity index (χ0v) is 17.6. The summed E-state index contributed by atoms with van der Waals surface area (Å²) < 4.78 is 1.63. The Morgan fingerprint density at radius 3 is 2.82 bits per heavy atom. The number of nitrogens with zero attached hydrogens (tertiary/aromatic N) is 5. The molecular formula is C20H31N5O2S. The van der Waals surface area contributed by atoms with E-state index in [0.717, 1.165) is 87.8 Å². The quantitative estimate of drug-likeness (QED) is 0.728. The Balaban J connectivity index is 1.27. The second-order valence-electron chi connectivity index (χ2n) is 8.25. The van der Waals surface area contributed by atoms with Crippen molar-refractivity contribution in [3.05, 3.63) is 27.7 Å². The molecule has 0 bridgehead atoms. The van der Waals surface area contributed by atoms with Crippen molar-refractivity contribution in [1.29, 1.82) is 0 Å². The van der Waals surface area contributed by atoms with E-state index in [0.29, 0.717) is 12.5 Å². The number of carbonyl (C=O) groups is 1. The number of likely N-dealkylation sites (tertiary alicyclic amines) is 1. The van der Waals surface area contributed by atoms with Gasteiger partial charge in [0.25, 0.3) is 5.56 Å². The highest BCUT2D eigenvalue weighted by Crippen LogP contribution is 2.21. The van der Waals surface area contributed by atoms with Crippen LogP contribution in [0.2, 0.25) is 0 Å². The van der Waals surface area contributed by atoms with Gasteiger partial charge in [-0.2, -0.15) is 16.9 Å². The van der Waals surface area contributed by atoms with Crippen LogP contribution in [0.4, 0.5) is 0 Å². The molecule has 4 heterocycles. The first kappa shape index (κ1) is 19.9. The molecule has 4 rings (SSSR count). The molecule has 1 aromatic heterocycles. The minimum Gasteiger partial charge on any atom is -0.340 e. The number of hydrogen-bond acceptors (Lipinski definition) is 6. The number of fused-ring (bicyclic) bond motifs is 1. The van der Waals surface area contributed by atoms with E-state index in [4.69, 9.17) is 0 Å². The topological polar surface area (TPSA) is 61.7 Å². The number of piperazine rings is 1. The van der Waals surface area contributed by atoms with Crippen LogP contribution < -0.4 is 5.56 Å². The molecule has 1 amide bonds. The number of aromatic nitrogens is 2. The fourth-order valence-electron chi connectivity index (χ4n) is 4.47. The molecular weight excluding hydrogens is 374 g/mol. The highest BCUT2D eigenvalue weighted by atomic mass is 32.2. The summed E-state index contributed by atoms with van der Waals surface area (Å²) in [7, 11) is 2.10. The smallest absolute Gasteiger partial charge is 0.267 e. The lowest BCUT2D eigenvalue weighted by Crippen LogP contribution is -2.52. The minimum absolute atomic E-state index is 0.0106. The summed E-state index contributed by atoms with van der Waals surface area (Å²) in [6.45, 7) is 6.78. The normalized spacial score (nSPS) is 24.2. The molecule has 2 fully saturated rings. The zero-order chi connectivity index (χ0) is 19.5. The average Bonchev–Trinajstić information content (AvgIpc) is 2.72. The van der Waals surface area contributed by atoms with E-state index >= 15 is 0 Å². The van der Waals surface area contributed by atoms with Gasteiger partial charge in [0.1, 0.15) is 0 Å². The molecule has 3 aliphatic rings. The maximum absolute atomic E-state index is 12.8. The van der Waals surface area contributed by atoms with Gasteiger partial charge in [0.05, 0.1) is 18.2 Å². The maximum Gasteiger partial charge on any atom is 0.267 e. The molecule has 1 aromatic rings. The summed E-state index contributed by atoms with van der Waals surface area (Å²) >= 11 is 1.87.